The second kappa shape index (κ2) is 7.60. The molecular formula is C17H19Cl2N5OS. The molecule has 138 valence electrons. The van der Waals surface area contributed by atoms with Gasteiger partial charge >= 0.3 is 0 Å². The van der Waals surface area contributed by atoms with Crippen molar-refractivity contribution in [3.63, 3.8) is 0 Å². The molecule has 2 heterocycles. The van der Waals surface area contributed by atoms with Gasteiger partial charge in [-0.15, -0.1) is 0 Å². The van der Waals surface area contributed by atoms with E-state index in [9.17, 15) is 4.79 Å². The van der Waals surface area contributed by atoms with Crippen LogP contribution in [0.3, 0.4) is 0 Å². The quantitative estimate of drug-likeness (QED) is 0.801. The third kappa shape index (κ3) is 3.91. The lowest BCUT2D eigenvalue weighted by Crippen LogP contribution is -2.58. The van der Waals surface area contributed by atoms with Gasteiger partial charge in [0.15, 0.2) is 0 Å². The second-order valence-corrected chi connectivity index (χ2v) is 8.10. The van der Waals surface area contributed by atoms with Crippen molar-refractivity contribution in [3.8, 4) is 0 Å². The van der Waals surface area contributed by atoms with Crippen LogP contribution in [0.1, 0.15) is 18.5 Å². The van der Waals surface area contributed by atoms with E-state index >= 15 is 0 Å². The van der Waals surface area contributed by atoms with E-state index in [0.29, 0.717) is 36.0 Å². The fourth-order valence-corrected chi connectivity index (χ4v) is 4.08. The van der Waals surface area contributed by atoms with Gasteiger partial charge in [-0.1, -0.05) is 41.0 Å². The van der Waals surface area contributed by atoms with Crippen molar-refractivity contribution in [3.05, 3.63) is 40.1 Å². The third-order valence-corrected chi connectivity index (χ3v) is 6.57. The first kappa shape index (κ1) is 19.2. The van der Waals surface area contributed by atoms with Crippen LogP contribution in [-0.4, -0.2) is 34.5 Å². The van der Waals surface area contributed by atoms with Crippen molar-refractivity contribution < 1.29 is 4.79 Å². The normalized spacial score (nSPS) is 16.5. The Morgan fingerprint density at radius 2 is 2.00 bits per heavy atom. The number of nitrogens with zero attached hydrogens (tertiary/aromatic N) is 3. The maximum absolute atomic E-state index is 11.5. The van der Waals surface area contributed by atoms with E-state index in [2.05, 4.69) is 14.9 Å². The Kier molecular flexibility index (Phi) is 5.62. The Balaban J connectivity index is 1.74. The molecule has 1 aromatic heterocycles. The number of aryl methyl sites for hydroxylation is 1. The molecule has 0 radical (unpaired) electrons. The summed E-state index contributed by atoms with van der Waals surface area (Å²) in [6.45, 7) is 3.12. The Bertz CT molecular complexity index is 840. The fraction of sp³-hybridized carbons (Fsp3) is 0.353. The van der Waals surface area contributed by atoms with Crippen molar-refractivity contribution in [2.45, 2.75) is 35.2 Å². The van der Waals surface area contributed by atoms with Crippen molar-refractivity contribution in [2.75, 3.05) is 18.0 Å². The summed E-state index contributed by atoms with van der Waals surface area (Å²) in [5, 5.41) is 1.78. The molecule has 9 heteroatoms. The first-order valence-electron chi connectivity index (χ1n) is 8.09. The summed E-state index contributed by atoms with van der Waals surface area (Å²) in [6.07, 6.45) is 2.72. The number of carbonyl (C=O) groups is 1. The number of carbonyl (C=O) groups excluding carboxylic acids is 1. The molecule has 2 aromatic rings. The van der Waals surface area contributed by atoms with Crippen molar-refractivity contribution in [1.29, 1.82) is 0 Å². The topological polar surface area (TPSA) is 98.1 Å². The van der Waals surface area contributed by atoms with Crippen LogP contribution in [-0.2, 0) is 4.79 Å². The molecule has 0 unspecified atom stereocenters. The number of nitrogens with two attached hydrogens (primary N) is 2. The minimum absolute atomic E-state index is 0.454. The number of hydrogen-bond acceptors (Lipinski definition) is 6. The highest BCUT2D eigenvalue weighted by Gasteiger charge is 2.36. The van der Waals surface area contributed by atoms with Crippen molar-refractivity contribution in [1.82, 2.24) is 9.97 Å². The Morgan fingerprint density at radius 3 is 2.62 bits per heavy atom. The van der Waals surface area contributed by atoms with E-state index in [1.54, 1.807) is 12.3 Å². The summed E-state index contributed by atoms with van der Waals surface area (Å²) in [6, 6.07) is 5.48. The number of anilines is 1. The van der Waals surface area contributed by atoms with E-state index in [-0.39, 0.29) is 0 Å². The first-order chi connectivity index (χ1) is 12.3. The molecule has 6 nitrogen and oxygen atoms in total. The number of amides is 1. The zero-order chi connectivity index (χ0) is 18.9. The fourth-order valence-electron chi connectivity index (χ4n) is 2.76. The van der Waals surface area contributed by atoms with Crippen LogP contribution in [0.5, 0.6) is 0 Å². The lowest BCUT2D eigenvalue weighted by molar-refractivity contribution is -0.123. The minimum atomic E-state index is -0.932. The van der Waals surface area contributed by atoms with Crippen LogP contribution in [0.25, 0.3) is 0 Å². The van der Waals surface area contributed by atoms with Gasteiger partial charge in [-0.25, -0.2) is 9.97 Å². The Hall–Kier alpha value is -1.54. The SMILES string of the molecule is Cc1nc(N2CCC(N)(C(N)=O)CC2)cnc1Sc1cccc(Cl)c1Cl. The smallest absolute Gasteiger partial charge is 0.237 e. The average molecular weight is 412 g/mol. The molecule has 0 spiro atoms. The highest BCUT2D eigenvalue weighted by Crippen LogP contribution is 2.37. The van der Waals surface area contributed by atoms with E-state index in [0.717, 1.165) is 21.4 Å². The summed E-state index contributed by atoms with van der Waals surface area (Å²) in [5.74, 6) is 0.306. The molecule has 0 bridgehead atoms. The minimum Gasteiger partial charge on any atom is -0.368 e. The van der Waals surface area contributed by atoms with Gasteiger partial charge in [-0.2, -0.15) is 0 Å². The number of primary amides is 1. The molecule has 1 fully saturated rings. The van der Waals surface area contributed by atoms with Crippen LogP contribution >= 0.6 is 35.0 Å². The summed E-state index contributed by atoms with van der Waals surface area (Å²) in [4.78, 5) is 23.5. The molecule has 1 aliphatic rings. The van der Waals surface area contributed by atoms with Gasteiger partial charge in [-0.3, -0.25) is 4.79 Å². The van der Waals surface area contributed by atoms with E-state index in [1.807, 2.05) is 19.1 Å². The first-order valence-corrected chi connectivity index (χ1v) is 9.66. The van der Waals surface area contributed by atoms with Gasteiger partial charge in [0.05, 0.1) is 27.5 Å². The lowest BCUT2D eigenvalue weighted by atomic mass is 9.88. The number of piperidine rings is 1. The lowest BCUT2D eigenvalue weighted by Gasteiger charge is -2.37. The molecule has 26 heavy (non-hydrogen) atoms. The Labute approximate surface area is 166 Å². The van der Waals surface area contributed by atoms with Gasteiger partial charge in [0, 0.05) is 18.0 Å². The van der Waals surface area contributed by atoms with Gasteiger partial charge in [0.2, 0.25) is 5.91 Å². The zero-order valence-electron chi connectivity index (χ0n) is 14.2. The molecule has 3 rings (SSSR count). The molecule has 0 atom stereocenters. The van der Waals surface area contributed by atoms with Crippen LogP contribution < -0.4 is 16.4 Å². The standard InChI is InChI=1S/C17H19Cl2N5OS/c1-10-15(26-12-4-2-3-11(18)14(12)19)22-9-13(23-10)24-7-5-17(21,6-8-24)16(20)25/h2-4,9H,5-8,21H2,1H3,(H2,20,25). The molecule has 0 aliphatic carbocycles. The molecule has 0 saturated carbocycles. The molecular weight excluding hydrogens is 393 g/mol. The number of halogens is 2. The summed E-state index contributed by atoms with van der Waals surface area (Å²) in [7, 11) is 0. The highest BCUT2D eigenvalue weighted by atomic mass is 35.5. The summed E-state index contributed by atoms with van der Waals surface area (Å²) in [5.41, 5.74) is 11.3. The predicted octanol–water partition coefficient (Wildman–Crippen LogP) is 3.03. The van der Waals surface area contributed by atoms with Crippen molar-refractivity contribution in [2.24, 2.45) is 11.5 Å². The van der Waals surface area contributed by atoms with E-state index in [4.69, 9.17) is 34.7 Å². The van der Waals surface area contributed by atoms with Crippen LogP contribution in [0, 0.1) is 6.92 Å². The van der Waals surface area contributed by atoms with Gasteiger partial charge in [-0.05, 0) is 31.9 Å². The third-order valence-electron chi connectivity index (χ3n) is 4.48. The Morgan fingerprint density at radius 1 is 1.31 bits per heavy atom. The van der Waals surface area contributed by atoms with Gasteiger partial charge < -0.3 is 16.4 Å². The van der Waals surface area contributed by atoms with Crippen LogP contribution in [0.15, 0.2) is 34.3 Å². The zero-order valence-corrected chi connectivity index (χ0v) is 16.5. The summed E-state index contributed by atoms with van der Waals surface area (Å²) >= 11 is 13.7. The molecule has 1 saturated heterocycles. The summed E-state index contributed by atoms with van der Waals surface area (Å²) < 4.78 is 0. The number of rotatable bonds is 4. The highest BCUT2D eigenvalue weighted by molar-refractivity contribution is 7.99. The number of benzene rings is 1. The van der Waals surface area contributed by atoms with E-state index < -0.39 is 11.4 Å². The average Bonchev–Trinajstić information content (AvgIpc) is 2.61. The second-order valence-electron chi connectivity index (χ2n) is 6.28. The van der Waals surface area contributed by atoms with Crippen molar-refractivity contribution >= 4 is 46.7 Å². The predicted molar refractivity (Wildman–Crippen MR) is 105 cm³/mol. The number of hydrogen-bond donors (Lipinski definition) is 2. The van der Waals surface area contributed by atoms with E-state index in [1.165, 1.54) is 11.8 Å². The number of aromatic nitrogens is 2. The van der Waals surface area contributed by atoms with Crippen LogP contribution in [0.2, 0.25) is 10.0 Å². The maximum Gasteiger partial charge on any atom is 0.237 e. The monoisotopic (exact) mass is 411 g/mol. The maximum atomic E-state index is 11.5. The molecule has 1 aromatic carbocycles. The van der Waals surface area contributed by atoms with Crippen LogP contribution in [0.4, 0.5) is 5.82 Å². The van der Waals surface area contributed by atoms with Gasteiger partial charge in [0.1, 0.15) is 10.8 Å². The molecule has 1 aliphatic heterocycles. The van der Waals surface area contributed by atoms with Gasteiger partial charge in [0.25, 0.3) is 0 Å². The molecule has 1 amide bonds. The molecule has 4 N–H and O–H groups in total. The largest absolute Gasteiger partial charge is 0.368 e.